The first kappa shape index (κ1) is 12.5. The normalized spacial score (nSPS) is 11.4. The molecular weight excluding hydrogens is 254 g/mol. The Hall–Kier alpha value is -1.96. The van der Waals surface area contributed by atoms with Crippen LogP contribution < -0.4 is 5.32 Å². The second kappa shape index (κ2) is 4.73. The van der Waals surface area contributed by atoms with Crippen molar-refractivity contribution in [2.75, 3.05) is 5.32 Å². The maximum atomic E-state index is 11.1. The smallest absolute Gasteiger partial charge is 0.315 e. The molecule has 0 aliphatic rings. The first-order valence-electron chi connectivity index (χ1n) is 5.27. The van der Waals surface area contributed by atoms with Gasteiger partial charge in [0.2, 0.25) is 0 Å². The molecule has 0 bridgehead atoms. The van der Waals surface area contributed by atoms with Crippen LogP contribution in [-0.2, 0) is 16.8 Å². The predicted octanol–water partition coefficient (Wildman–Crippen LogP) is 1.24. The topological polar surface area (TPSA) is 104 Å². The van der Waals surface area contributed by atoms with Gasteiger partial charge in [0.1, 0.15) is 17.6 Å². The minimum absolute atomic E-state index is 0.473. The lowest BCUT2D eigenvalue weighted by atomic mass is 9.90. The maximum Gasteiger partial charge on any atom is 0.315 e. The first-order chi connectivity index (χ1) is 8.50. The Labute approximate surface area is 107 Å². The summed E-state index contributed by atoms with van der Waals surface area (Å²) in [6, 6.07) is 0. The quantitative estimate of drug-likeness (QED) is 0.753. The second-order valence-corrected chi connectivity index (χ2v) is 5.11. The molecule has 96 valence electrons. The highest BCUT2D eigenvalue weighted by Crippen LogP contribution is 2.27. The zero-order chi connectivity index (χ0) is 13.2. The molecule has 0 fully saturated rings. The molecule has 0 saturated heterocycles. The van der Waals surface area contributed by atoms with Crippen molar-refractivity contribution >= 4 is 22.4 Å². The number of hydrogen-bond donors (Lipinski definition) is 3. The molecule has 0 unspecified atom stereocenters. The van der Waals surface area contributed by atoms with E-state index < -0.39 is 11.4 Å². The van der Waals surface area contributed by atoms with Crippen molar-refractivity contribution in [3.63, 3.8) is 0 Å². The van der Waals surface area contributed by atoms with Gasteiger partial charge < -0.3 is 10.4 Å². The molecule has 0 aliphatic heterocycles. The van der Waals surface area contributed by atoms with Crippen molar-refractivity contribution in [1.82, 2.24) is 20.2 Å². The second-order valence-electron chi connectivity index (χ2n) is 4.25. The Kier molecular flexibility index (Phi) is 3.28. The summed E-state index contributed by atoms with van der Waals surface area (Å²) < 4.78 is 0. The van der Waals surface area contributed by atoms with E-state index in [0.717, 1.165) is 0 Å². The van der Waals surface area contributed by atoms with Crippen LogP contribution in [0.3, 0.4) is 0 Å². The average Bonchev–Trinajstić information content (AvgIpc) is 2.97. The lowest BCUT2D eigenvalue weighted by molar-refractivity contribution is -0.142. The molecule has 18 heavy (non-hydrogen) atoms. The van der Waals surface area contributed by atoms with E-state index in [0.29, 0.717) is 23.2 Å². The number of aromatic nitrogens is 4. The fourth-order valence-corrected chi connectivity index (χ4v) is 2.10. The lowest BCUT2D eigenvalue weighted by Crippen LogP contribution is -2.28. The summed E-state index contributed by atoms with van der Waals surface area (Å²) in [4.78, 5) is 19.3. The molecule has 7 nitrogen and oxygen atoms in total. The first-order valence-corrected chi connectivity index (χ1v) is 6.15. The number of thiazole rings is 1. The summed E-state index contributed by atoms with van der Waals surface area (Å²) in [5.74, 6) is -0.196. The van der Waals surface area contributed by atoms with Crippen LogP contribution in [0.15, 0.2) is 11.7 Å². The van der Waals surface area contributed by atoms with Crippen molar-refractivity contribution in [2.24, 2.45) is 0 Å². The number of aromatic amines is 1. The number of carboxylic acids is 1. The molecular formula is C10H13N5O2S. The summed E-state index contributed by atoms with van der Waals surface area (Å²) in [5.41, 5.74) is -0.442. The van der Waals surface area contributed by atoms with Crippen LogP contribution in [0.4, 0.5) is 5.13 Å². The van der Waals surface area contributed by atoms with Gasteiger partial charge in [-0.05, 0) is 13.8 Å². The molecule has 3 N–H and O–H groups in total. The van der Waals surface area contributed by atoms with Crippen molar-refractivity contribution in [1.29, 1.82) is 0 Å². The molecule has 0 aliphatic carbocycles. The Balaban J connectivity index is 2.04. The van der Waals surface area contributed by atoms with Gasteiger partial charge in [0, 0.05) is 5.38 Å². The third kappa shape index (κ3) is 2.48. The van der Waals surface area contributed by atoms with E-state index in [2.05, 4.69) is 25.5 Å². The third-order valence-electron chi connectivity index (χ3n) is 2.55. The van der Waals surface area contributed by atoms with E-state index in [4.69, 9.17) is 5.11 Å². The number of nitrogens with one attached hydrogen (secondary N) is 2. The molecule has 2 aromatic heterocycles. The van der Waals surface area contributed by atoms with Crippen molar-refractivity contribution in [3.8, 4) is 0 Å². The summed E-state index contributed by atoms with van der Waals surface area (Å²) in [6.07, 6.45) is 1.43. The molecule has 0 spiro atoms. The minimum Gasteiger partial charge on any atom is -0.481 e. The summed E-state index contributed by atoms with van der Waals surface area (Å²) in [5, 5.41) is 21.0. The van der Waals surface area contributed by atoms with Gasteiger partial charge in [0.05, 0.1) is 12.2 Å². The van der Waals surface area contributed by atoms with Gasteiger partial charge in [-0.3, -0.25) is 9.89 Å². The molecule has 0 radical (unpaired) electrons. The molecule has 2 heterocycles. The third-order valence-corrected chi connectivity index (χ3v) is 3.35. The standard InChI is InChI=1S/C10H13N5O2S/c1-10(2,8(16)17)6-4-18-9(14-6)11-3-7-12-5-13-15-7/h4-5H,3H2,1-2H3,(H,11,14)(H,16,17)(H,12,13,15). The number of hydrogen-bond acceptors (Lipinski definition) is 6. The van der Waals surface area contributed by atoms with E-state index in [9.17, 15) is 4.79 Å². The number of aliphatic carboxylic acids is 1. The number of H-pyrrole nitrogens is 1. The molecule has 2 rings (SSSR count). The van der Waals surface area contributed by atoms with Gasteiger partial charge >= 0.3 is 5.97 Å². The van der Waals surface area contributed by atoms with Gasteiger partial charge in [-0.2, -0.15) is 5.10 Å². The molecule has 0 atom stereocenters. The highest BCUT2D eigenvalue weighted by Gasteiger charge is 2.32. The predicted molar refractivity (Wildman–Crippen MR) is 66.5 cm³/mol. The fraction of sp³-hybridized carbons (Fsp3) is 0.400. The Morgan fingerprint density at radius 3 is 3.00 bits per heavy atom. The van der Waals surface area contributed by atoms with Crippen LogP contribution in [0.2, 0.25) is 0 Å². The fourth-order valence-electron chi connectivity index (χ4n) is 1.23. The van der Waals surface area contributed by atoms with Crippen LogP contribution in [0, 0.1) is 0 Å². The Morgan fingerprint density at radius 1 is 1.61 bits per heavy atom. The van der Waals surface area contributed by atoms with E-state index >= 15 is 0 Å². The summed E-state index contributed by atoms with van der Waals surface area (Å²) in [7, 11) is 0. The molecule has 0 aromatic carbocycles. The van der Waals surface area contributed by atoms with Crippen LogP contribution >= 0.6 is 11.3 Å². The van der Waals surface area contributed by atoms with Crippen molar-refractivity contribution in [3.05, 3.63) is 23.2 Å². The zero-order valence-corrected chi connectivity index (χ0v) is 10.8. The van der Waals surface area contributed by atoms with Gasteiger partial charge in [-0.25, -0.2) is 9.97 Å². The van der Waals surface area contributed by atoms with Crippen LogP contribution in [0.25, 0.3) is 0 Å². The van der Waals surface area contributed by atoms with E-state index in [1.54, 1.807) is 19.2 Å². The van der Waals surface area contributed by atoms with E-state index in [1.807, 2.05) is 0 Å². The highest BCUT2D eigenvalue weighted by molar-refractivity contribution is 7.13. The Morgan fingerprint density at radius 2 is 2.39 bits per heavy atom. The largest absolute Gasteiger partial charge is 0.481 e. The van der Waals surface area contributed by atoms with E-state index in [1.165, 1.54) is 17.7 Å². The van der Waals surface area contributed by atoms with Gasteiger partial charge in [0.15, 0.2) is 5.13 Å². The minimum atomic E-state index is -0.983. The lowest BCUT2D eigenvalue weighted by Gasteiger charge is -2.15. The number of rotatable bonds is 5. The number of nitrogens with zero attached hydrogens (tertiary/aromatic N) is 3. The summed E-state index contributed by atoms with van der Waals surface area (Å²) in [6.45, 7) is 3.73. The highest BCUT2D eigenvalue weighted by atomic mass is 32.1. The maximum absolute atomic E-state index is 11.1. The van der Waals surface area contributed by atoms with Gasteiger partial charge in [0.25, 0.3) is 0 Å². The van der Waals surface area contributed by atoms with Gasteiger partial charge in [-0.15, -0.1) is 11.3 Å². The SMILES string of the molecule is CC(C)(C(=O)O)c1csc(NCc2ncn[nH]2)n1. The van der Waals surface area contributed by atoms with Crippen molar-refractivity contribution < 1.29 is 9.90 Å². The zero-order valence-electron chi connectivity index (χ0n) is 9.97. The number of carboxylic acid groups (broad SMARTS) is 1. The molecule has 0 amide bonds. The number of anilines is 1. The summed E-state index contributed by atoms with van der Waals surface area (Å²) >= 11 is 1.37. The molecule has 2 aromatic rings. The van der Waals surface area contributed by atoms with Gasteiger partial charge in [-0.1, -0.05) is 0 Å². The Bertz CT molecular complexity index is 534. The van der Waals surface area contributed by atoms with Crippen molar-refractivity contribution in [2.45, 2.75) is 25.8 Å². The van der Waals surface area contributed by atoms with Crippen LogP contribution in [0.5, 0.6) is 0 Å². The van der Waals surface area contributed by atoms with Crippen LogP contribution in [-0.4, -0.2) is 31.2 Å². The molecule has 8 heteroatoms. The average molecular weight is 267 g/mol. The molecule has 0 saturated carbocycles. The van der Waals surface area contributed by atoms with Crippen LogP contribution in [0.1, 0.15) is 25.4 Å². The van der Waals surface area contributed by atoms with E-state index in [-0.39, 0.29) is 0 Å². The number of carbonyl (C=O) groups is 1. The monoisotopic (exact) mass is 267 g/mol.